The lowest BCUT2D eigenvalue weighted by Crippen LogP contribution is -2.31. The van der Waals surface area contributed by atoms with Gasteiger partial charge in [-0.2, -0.15) is 0 Å². The van der Waals surface area contributed by atoms with Crippen LogP contribution in [0.4, 0.5) is 0 Å². The second kappa shape index (κ2) is 8.19. The number of hydrogen-bond acceptors (Lipinski definition) is 5. The highest BCUT2D eigenvalue weighted by atomic mass is 32.2. The molecule has 2 aromatic heterocycles. The maximum atomic E-state index is 13.8. The molecule has 0 aliphatic heterocycles. The summed E-state index contributed by atoms with van der Waals surface area (Å²) in [5.74, 6) is 0.00598. The number of fused-ring (bicyclic) bond motifs is 3. The Hall–Kier alpha value is -2.12. The molecule has 1 amide bonds. The number of benzene rings is 1. The quantitative estimate of drug-likeness (QED) is 0.441. The smallest absolute Gasteiger partial charge is 0.267 e. The number of thioether (sulfide) groups is 1. The van der Waals surface area contributed by atoms with Gasteiger partial charge in [-0.3, -0.25) is 14.2 Å². The van der Waals surface area contributed by atoms with Crippen LogP contribution in [0.25, 0.3) is 15.9 Å². The molecule has 1 atom stereocenters. The molecule has 3 aromatic rings. The molecule has 5 nitrogen and oxygen atoms in total. The van der Waals surface area contributed by atoms with E-state index in [-0.39, 0.29) is 16.7 Å². The molecule has 158 valence electrons. The average Bonchev–Trinajstić information content (AvgIpc) is 3.08. The van der Waals surface area contributed by atoms with E-state index in [0.717, 1.165) is 40.7 Å². The third kappa shape index (κ3) is 3.69. The predicted octanol–water partition coefficient (Wildman–Crippen LogP) is 4.51. The fourth-order valence-electron chi connectivity index (χ4n) is 3.93. The molecule has 1 aromatic carbocycles. The lowest BCUT2D eigenvalue weighted by atomic mass is 9.97. The zero-order chi connectivity index (χ0) is 21.6. The van der Waals surface area contributed by atoms with Gasteiger partial charge in [0, 0.05) is 19.0 Å². The lowest BCUT2D eigenvalue weighted by molar-refractivity contribution is -0.127. The summed E-state index contributed by atoms with van der Waals surface area (Å²) in [7, 11) is 3.50. The van der Waals surface area contributed by atoms with Crippen molar-refractivity contribution in [2.45, 2.75) is 56.9 Å². The maximum Gasteiger partial charge on any atom is 0.267 e. The molecule has 0 bridgehead atoms. The van der Waals surface area contributed by atoms with E-state index in [0.29, 0.717) is 5.16 Å². The van der Waals surface area contributed by atoms with Gasteiger partial charge in [-0.1, -0.05) is 17.8 Å². The Labute approximate surface area is 185 Å². The third-order valence-corrected chi connectivity index (χ3v) is 8.00. The highest BCUT2D eigenvalue weighted by Crippen LogP contribution is 2.36. The Kier molecular flexibility index (Phi) is 5.77. The second-order valence-corrected chi connectivity index (χ2v) is 10.6. The molecule has 1 aliphatic rings. The molecular formula is C23H27N3O2S2. The van der Waals surface area contributed by atoms with Crippen molar-refractivity contribution >= 4 is 39.2 Å². The molecule has 2 heterocycles. The van der Waals surface area contributed by atoms with Gasteiger partial charge in [0.05, 0.1) is 16.3 Å². The van der Waals surface area contributed by atoms with E-state index < -0.39 is 0 Å². The lowest BCUT2D eigenvalue weighted by Gasteiger charge is -2.19. The Bertz CT molecular complexity index is 1190. The zero-order valence-corrected chi connectivity index (χ0v) is 19.7. The van der Waals surface area contributed by atoms with Gasteiger partial charge in [-0.05, 0) is 75.3 Å². The molecule has 0 fully saturated rings. The summed E-state index contributed by atoms with van der Waals surface area (Å²) in [6.07, 6.45) is 4.26. The number of hydrogen-bond donors (Lipinski definition) is 0. The Morgan fingerprint density at radius 1 is 1.20 bits per heavy atom. The number of rotatable bonds is 4. The molecule has 7 heteroatoms. The molecule has 0 spiro atoms. The van der Waals surface area contributed by atoms with Crippen LogP contribution in [0.1, 0.15) is 41.3 Å². The molecule has 1 unspecified atom stereocenters. The van der Waals surface area contributed by atoms with Crippen LogP contribution in [0.5, 0.6) is 0 Å². The summed E-state index contributed by atoms with van der Waals surface area (Å²) in [5, 5.41) is 1.01. The van der Waals surface area contributed by atoms with Crippen LogP contribution in [0.3, 0.4) is 0 Å². The summed E-state index contributed by atoms with van der Waals surface area (Å²) < 4.78 is 1.71. The van der Waals surface area contributed by atoms with Gasteiger partial charge in [0.15, 0.2) is 5.16 Å². The van der Waals surface area contributed by atoms with Crippen LogP contribution >= 0.6 is 23.1 Å². The fourth-order valence-corrected chi connectivity index (χ4v) is 6.31. The summed E-state index contributed by atoms with van der Waals surface area (Å²) in [6, 6.07) is 6.04. The number of amides is 1. The van der Waals surface area contributed by atoms with Crippen molar-refractivity contribution in [1.82, 2.24) is 14.5 Å². The van der Waals surface area contributed by atoms with Crippen LogP contribution in [0.2, 0.25) is 0 Å². The van der Waals surface area contributed by atoms with Crippen molar-refractivity contribution in [1.29, 1.82) is 0 Å². The minimum Gasteiger partial charge on any atom is -0.348 e. The van der Waals surface area contributed by atoms with Crippen molar-refractivity contribution in [3.05, 3.63) is 50.1 Å². The van der Waals surface area contributed by atoms with Crippen LogP contribution in [-0.4, -0.2) is 39.7 Å². The summed E-state index contributed by atoms with van der Waals surface area (Å²) in [5.41, 5.74) is 4.28. The van der Waals surface area contributed by atoms with Gasteiger partial charge in [0.25, 0.3) is 5.56 Å². The van der Waals surface area contributed by atoms with Crippen LogP contribution < -0.4 is 5.56 Å². The SMILES string of the molecule is Cc1ccc(-n2c(SC(C)C(=O)N(C)C)nc3sc4c(c3c2=O)CCCC4)cc1C. The van der Waals surface area contributed by atoms with Crippen molar-refractivity contribution in [3.8, 4) is 5.69 Å². The molecule has 0 radical (unpaired) electrons. The molecule has 0 saturated heterocycles. The van der Waals surface area contributed by atoms with Gasteiger partial charge >= 0.3 is 0 Å². The topological polar surface area (TPSA) is 55.2 Å². The molecule has 1 aliphatic carbocycles. The highest BCUT2D eigenvalue weighted by Gasteiger charge is 2.25. The first-order chi connectivity index (χ1) is 14.3. The van der Waals surface area contributed by atoms with E-state index >= 15 is 0 Å². The number of nitrogens with zero attached hydrogens (tertiary/aromatic N) is 3. The first kappa shape index (κ1) is 21.1. The monoisotopic (exact) mass is 441 g/mol. The van der Waals surface area contributed by atoms with E-state index in [2.05, 4.69) is 6.92 Å². The van der Waals surface area contributed by atoms with Gasteiger partial charge in [0.2, 0.25) is 5.91 Å². The Balaban J connectivity index is 1.95. The number of carbonyl (C=O) groups is 1. The van der Waals surface area contributed by atoms with Crippen LogP contribution in [-0.2, 0) is 17.6 Å². The molecule has 30 heavy (non-hydrogen) atoms. The van der Waals surface area contributed by atoms with Gasteiger partial charge < -0.3 is 4.90 Å². The van der Waals surface area contributed by atoms with Crippen molar-refractivity contribution in [2.24, 2.45) is 0 Å². The van der Waals surface area contributed by atoms with Gasteiger partial charge in [-0.15, -0.1) is 11.3 Å². The van der Waals surface area contributed by atoms with Crippen molar-refractivity contribution in [2.75, 3.05) is 14.1 Å². The predicted molar refractivity (Wildman–Crippen MR) is 125 cm³/mol. The van der Waals surface area contributed by atoms with Gasteiger partial charge in [0.1, 0.15) is 4.83 Å². The van der Waals surface area contributed by atoms with Gasteiger partial charge in [-0.25, -0.2) is 4.98 Å². The third-order valence-electron chi connectivity index (χ3n) is 5.78. The average molecular weight is 442 g/mol. The minimum atomic E-state index is -0.336. The molecule has 4 rings (SSSR count). The normalized spacial score (nSPS) is 14.6. The first-order valence-electron chi connectivity index (χ1n) is 10.3. The standard InChI is InChI=1S/C23H27N3O2S2/c1-13-10-11-16(12-14(13)2)26-22(28)19-17-8-6-7-9-18(17)30-20(19)24-23(26)29-15(3)21(27)25(4)5/h10-12,15H,6-9H2,1-5H3. The molecular weight excluding hydrogens is 414 g/mol. The number of aromatic nitrogens is 2. The van der Waals surface area contributed by atoms with E-state index in [4.69, 9.17) is 4.98 Å². The minimum absolute atomic E-state index is 0.00598. The Morgan fingerprint density at radius 3 is 2.63 bits per heavy atom. The summed E-state index contributed by atoms with van der Waals surface area (Å²) >= 11 is 3.00. The number of aryl methyl sites for hydroxylation is 4. The fraction of sp³-hybridized carbons (Fsp3) is 0.435. The summed E-state index contributed by atoms with van der Waals surface area (Å²) in [6.45, 7) is 5.98. The first-order valence-corrected chi connectivity index (χ1v) is 12.0. The molecule has 0 saturated carbocycles. The van der Waals surface area contributed by atoms with Crippen LogP contribution in [0.15, 0.2) is 28.2 Å². The Morgan fingerprint density at radius 2 is 1.93 bits per heavy atom. The second-order valence-electron chi connectivity index (χ2n) is 8.19. The van der Waals surface area contributed by atoms with Crippen molar-refractivity contribution < 1.29 is 4.79 Å². The van der Waals surface area contributed by atoms with E-state index in [9.17, 15) is 9.59 Å². The highest BCUT2D eigenvalue weighted by molar-refractivity contribution is 8.00. The van der Waals surface area contributed by atoms with E-state index in [1.54, 1.807) is 34.9 Å². The zero-order valence-electron chi connectivity index (χ0n) is 18.1. The van der Waals surface area contributed by atoms with E-state index in [1.165, 1.54) is 34.2 Å². The largest absolute Gasteiger partial charge is 0.348 e. The number of carbonyl (C=O) groups excluding carboxylic acids is 1. The van der Waals surface area contributed by atoms with Crippen LogP contribution in [0, 0.1) is 13.8 Å². The maximum absolute atomic E-state index is 13.8. The molecule has 0 N–H and O–H groups in total. The van der Waals surface area contributed by atoms with Crippen molar-refractivity contribution in [3.63, 3.8) is 0 Å². The van der Waals surface area contributed by atoms with E-state index in [1.807, 2.05) is 32.0 Å². The number of thiophene rings is 1. The summed E-state index contributed by atoms with van der Waals surface area (Å²) in [4.78, 5) is 34.9.